The van der Waals surface area contributed by atoms with Crippen molar-refractivity contribution in [1.29, 1.82) is 0 Å². The summed E-state index contributed by atoms with van der Waals surface area (Å²) in [4.78, 5) is 8.11. The zero-order valence-electron chi connectivity index (χ0n) is 11.8. The van der Waals surface area contributed by atoms with Gasteiger partial charge in [0, 0.05) is 0 Å². The summed E-state index contributed by atoms with van der Waals surface area (Å²) < 4.78 is 22.1. The third kappa shape index (κ3) is 4.81. The summed E-state index contributed by atoms with van der Waals surface area (Å²) in [7, 11) is 0.669. The summed E-state index contributed by atoms with van der Waals surface area (Å²) in [6, 6.07) is 0.201. The molecule has 1 aromatic heterocycles. The molecule has 1 rings (SSSR count). The molecule has 0 aliphatic carbocycles. The minimum atomic E-state index is -0.439. The van der Waals surface area contributed by atoms with E-state index in [4.69, 9.17) is 9.47 Å². The molecule has 0 unspecified atom stereocenters. The summed E-state index contributed by atoms with van der Waals surface area (Å²) in [5, 5.41) is 0. The number of nitrogens with zero attached hydrogens (tertiary/aromatic N) is 2. The maximum atomic E-state index is 10.9. The Morgan fingerprint density at radius 3 is 2.06 bits per heavy atom. The van der Waals surface area contributed by atoms with E-state index in [1.807, 2.05) is 41.5 Å². The van der Waals surface area contributed by atoms with Crippen molar-refractivity contribution in [2.75, 3.05) is 0 Å². The van der Waals surface area contributed by atoms with E-state index in [-0.39, 0.29) is 11.9 Å². The third-order valence-electron chi connectivity index (χ3n) is 1.69. The fourth-order valence-electron chi connectivity index (χ4n) is 1.14. The second-order valence-electron chi connectivity index (χ2n) is 5.96. The molecule has 0 saturated carbocycles. The number of ether oxygens (including phenoxy) is 2. The van der Waals surface area contributed by atoms with Gasteiger partial charge in [0.15, 0.2) is 0 Å². The SMILES string of the molecule is CC(C)(C)Oc1ncc(B=O)c(OC(C)(C)C)n1. The molecule has 0 saturated heterocycles. The Morgan fingerprint density at radius 1 is 1.06 bits per heavy atom. The molecule has 1 heterocycles. The van der Waals surface area contributed by atoms with Crippen LogP contribution in [0.25, 0.3) is 0 Å². The number of hydrogen-bond acceptors (Lipinski definition) is 5. The molecule has 0 bridgehead atoms. The Labute approximate surface area is 108 Å². The Kier molecular flexibility index (Phi) is 4.09. The molecule has 0 fully saturated rings. The van der Waals surface area contributed by atoms with Crippen LogP contribution in [0.1, 0.15) is 41.5 Å². The first-order valence-electron chi connectivity index (χ1n) is 5.81. The van der Waals surface area contributed by atoms with Gasteiger partial charge in [0.1, 0.15) is 0 Å². The van der Waals surface area contributed by atoms with Crippen LogP contribution in [-0.4, -0.2) is 28.3 Å². The van der Waals surface area contributed by atoms with Crippen LogP contribution >= 0.6 is 0 Å². The van der Waals surface area contributed by atoms with Gasteiger partial charge in [0.05, 0.1) is 0 Å². The molecule has 0 aliphatic heterocycles. The first-order chi connectivity index (χ1) is 8.11. The normalized spacial score (nSPS) is 11.9. The van der Waals surface area contributed by atoms with Crippen LogP contribution in [-0.2, 0) is 4.70 Å². The van der Waals surface area contributed by atoms with E-state index in [0.717, 1.165) is 0 Å². The van der Waals surface area contributed by atoms with E-state index in [2.05, 4.69) is 9.97 Å². The van der Waals surface area contributed by atoms with Crippen LogP contribution in [0.15, 0.2) is 6.20 Å². The summed E-state index contributed by atoms with van der Waals surface area (Å²) in [6.07, 6.45) is 1.40. The average molecular weight is 250 g/mol. The first kappa shape index (κ1) is 14.6. The second kappa shape index (κ2) is 5.04. The zero-order chi connectivity index (χ0) is 14.0. The second-order valence-corrected chi connectivity index (χ2v) is 5.96. The van der Waals surface area contributed by atoms with Crippen molar-refractivity contribution in [3.8, 4) is 11.9 Å². The molecule has 0 amide bonds. The molecular weight excluding hydrogens is 231 g/mol. The summed E-state index contributed by atoms with van der Waals surface area (Å²) in [6.45, 7) is 11.3. The molecule has 1 aromatic rings. The van der Waals surface area contributed by atoms with Crippen molar-refractivity contribution in [3.05, 3.63) is 6.20 Å². The predicted octanol–water partition coefficient (Wildman–Crippen LogP) is 1.51. The average Bonchev–Trinajstić information content (AvgIpc) is 2.12. The molecule has 0 atom stereocenters. The van der Waals surface area contributed by atoms with Gasteiger partial charge in [-0.2, -0.15) is 0 Å². The van der Waals surface area contributed by atoms with Gasteiger partial charge < -0.3 is 0 Å². The van der Waals surface area contributed by atoms with Crippen LogP contribution in [0.2, 0.25) is 0 Å². The Hall–Kier alpha value is -1.46. The van der Waals surface area contributed by atoms with Gasteiger partial charge in [0.25, 0.3) is 0 Å². The molecule has 5 nitrogen and oxygen atoms in total. The Balaban J connectivity index is 3.06. The summed E-state index contributed by atoms with van der Waals surface area (Å²) in [5.41, 5.74) is -0.529. The van der Waals surface area contributed by atoms with Crippen molar-refractivity contribution < 1.29 is 14.2 Å². The summed E-state index contributed by atoms with van der Waals surface area (Å²) in [5.74, 6) is 0.242. The molecule has 0 aromatic carbocycles. The van der Waals surface area contributed by atoms with Crippen molar-refractivity contribution in [2.24, 2.45) is 0 Å². The third-order valence-corrected chi connectivity index (χ3v) is 1.69. The minimum absolute atomic E-state index is 0.201. The molecule has 0 radical (unpaired) electrons. The molecule has 0 aliphatic rings. The van der Waals surface area contributed by atoms with Gasteiger partial charge in [-0.3, -0.25) is 0 Å². The molecule has 6 heteroatoms. The van der Waals surface area contributed by atoms with E-state index >= 15 is 0 Å². The van der Waals surface area contributed by atoms with Gasteiger partial charge >= 0.3 is 108 Å². The quantitative estimate of drug-likeness (QED) is 0.761. The van der Waals surface area contributed by atoms with Gasteiger partial charge in [0.2, 0.25) is 0 Å². The summed E-state index contributed by atoms with van der Waals surface area (Å²) >= 11 is 0. The molecule has 18 heavy (non-hydrogen) atoms. The zero-order valence-corrected chi connectivity index (χ0v) is 11.8. The fourth-order valence-corrected chi connectivity index (χ4v) is 1.14. The van der Waals surface area contributed by atoms with E-state index in [1.54, 1.807) is 0 Å². The van der Waals surface area contributed by atoms with E-state index in [1.165, 1.54) is 6.20 Å². The van der Waals surface area contributed by atoms with Crippen molar-refractivity contribution in [2.45, 2.75) is 52.7 Å². The van der Waals surface area contributed by atoms with Gasteiger partial charge in [-0.25, -0.2) is 0 Å². The van der Waals surface area contributed by atoms with Gasteiger partial charge in [-0.05, 0) is 0 Å². The van der Waals surface area contributed by atoms with Crippen LogP contribution in [0.5, 0.6) is 11.9 Å². The van der Waals surface area contributed by atoms with Gasteiger partial charge in [-0.15, -0.1) is 0 Å². The monoisotopic (exact) mass is 250 g/mol. The molecular formula is C12H19BN2O3. The van der Waals surface area contributed by atoms with E-state index < -0.39 is 11.2 Å². The number of rotatable bonds is 3. The molecule has 0 N–H and O–H groups in total. The number of aromatic nitrogens is 2. The van der Waals surface area contributed by atoms with Crippen LogP contribution in [0.4, 0.5) is 0 Å². The van der Waals surface area contributed by atoms with Crippen LogP contribution in [0, 0.1) is 0 Å². The van der Waals surface area contributed by atoms with Crippen LogP contribution in [0.3, 0.4) is 0 Å². The molecule has 0 spiro atoms. The van der Waals surface area contributed by atoms with Crippen molar-refractivity contribution >= 4 is 12.6 Å². The first-order valence-corrected chi connectivity index (χ1v) is 5.81. The topological polar surface area (TPSA) is 61.3 Å². The predicted molar refractivity (Wildman–Crippen MR) is 68.9 cm³/mol. The standard InChI is InChI=1S/C12H19BN2O3/c1-11(2,3)17-9-8(13-16)7-14-10(15-9)18-12(4,5)6/h7H,1-6H3. The Morgan fingerprint density at radius 2 is 1.61 bits per heavy atom. The van der Waals surface area contributed by atoms with Crippen molar-refractivity contribution in [3.63, 3.8) is 0 Å². The van der Waals surface area contributed by atoms with Gasteiger partial charge in [-0.1, -0.05) is 0 Å². The van der Waals surface area contributed by atoms with Crippen LogP contribution < -0.4 is 14.9 Å². The van der Waals surface area contributed by atoms with E-state index in [9.17, 15) is 4.70 Å². The van der Waals surface area contributed by atoms with Crippen molar-refractivity contribution in [1.82, 2.24) is 9.97 Å². The Bertz CT molecular complexity index is 436. The molecule has 98 valence electrons. The maximum absolute atomic E-state index is 10.9. The number of hydrogen-bond donors (Lipinski definition) is 0. The van der Waals surface area contributed by atoms with E-state index in [0.29, 0.717) is 12.6 Å². The fraction of sp³-hybridized carbons (Fsp3) is 0.667.